The number of H-pyrrole nitrogens is 1. The second-order valence-electron chi connectivity index (χ2n) is 9.87. The Balaban J connectivity index is 1.43. The summed E-state index contributed by atoms with van der Waals surface area (Å²) in [5.74, 6) is 0.196. The van der Waals surface area contributed by atoms with Gasteiger partial charge >= 0.3 is 14.5 Å². The third-order valence-corrected chi connectivity index (χ3v) is 10.7. The standard InChI is InChI=1S/C20H33N5O14P2S/c1-20(22-2)16(31)9(36-17(20)7-3-23-11-10(7)24-6-25-18(11)21)5-35-41(34,42)39-40(32,33)38-19-14(30)12(28)13(29)15(37-19)8(27)4-26/h3,6,8-9,12-17,19,22-23,26-31H,4-5H2,1-2H3,(H,32,33)(H,34,42)(H2,21,24,25)/t8-,9+,12?,13?,14?,15?,16+,17-,19?,20+,41?/m0/s1. The van der Waals surface area contributed by atoms with Crippen LogP contribution in [-0.2, 0) is 39.2 Å². The number of nitrogens with two attached hydrogens (primary N) is 1. The molecule has 0 amide bonds. The van der Waals surface area contributed by atoms with Crippen molar-refractivity contribution in [2.24, 2.45) is 0 Å². The number of aromatic nitrogens is 3. The number of aliphatic hydroxyl groups is 6. The van der Waals surface area contributed by atoms with Gasteiger partial charge in [0.05, 0.1) is 24.3 Å². The summed E-state index contributed by atoms with van der Waals surface area (Å²) in [5.41, 5.74) is 6.18. The Bertz CT molecular complexity index is 1360. The molecule has 12 N–H and O–H groups in total. The molecule has 2 fully saturated rings. The Morgan fingerprint density at radius 1 is 1.21 bits per heavy atom. The van der Waals surface area contributed by atoms with Crippen molar-refractivity contribution in [1.29, 1.82) is 0 Å². The van der Waals surface area contributed by atoms with E-state index in [0.717, 1.165) is 0 Å². The monoisotopic (exact) mass is 661 g/mol. The fourth-order valence-electron chi connectivity index (χ4n) is 4.77. The Hall–Kier alpha value is -1.26. The third-order valence-electron chi connectivity index (χ3n) is 7.18. The maximum Gasteiger partial charge on any atom is 0.481 e. The van der Waals surface area contributed by atoms with Gasteiger partial charge in [-0.15, -0.1) is 0 Å². The summed E-state index contributed by atoms with van der Waals surface area (Å²) in [7, 11) is -3.84. The smallest absolute Gasteiger partial charge is 0.394 e. The molecule has 22 heteroatoms. The zero-order chi connectivity index (χ0) is 31.2. The van der Waals surface area contributed by atoms with Gasteiger partial charge < -0.3 is 70.5 Å². The van der Waals surface area contributed by atoms with Gasteiger partial charge in [0.1, 0.15) is 60.7 Å². The van der Waals surface area contributed by atoms with E-state index in [1.54, 1.807) is 20.2 Å². The van der Waals surface area contributed by atoms with Crippen LogP contribution in [0.4, 0.5) is 5.82 Å². The zero-order valence-electron chi connectivity index (χ0n) is 22.1. The van der Waals surface area contributed by atoms with Gasteiger partial charge in [-0.1, -0.05) is 0 Å². The number of rotatable bonds is 11. The number of phosphoric acid groups is 1. The van der Waals surface area contributed by atoms with Crippen LogP contribution in [0.1, 0.15) is 18.6 Å². The molecule has 12 atom stereocenters. The van der Waals surface area contributed by atoms with Crippen LogP contribution in [0.15, 0.2) is 12.5 Å². The number of phosphoric ester groups is 1. The molecule has 2 saturated heterocycles. The molecular weight excluding hydrogens is 628 g/mol. The van der Waals surface area contributed by atoms with E-state index in [9.17, 15) is 39.9 Å². The van der Waals surface area contributed by atoms with Gasteiger partial charge in [-0.2, -0.15) is 0 Å². The molecule has 0 aliphatic carbocycles. The summed E-state index contributed by atoms with van der Waals surface area (Å²) in [4.78, 5) is 31.8. The Kier molecular flexibility index (Phi) is 10.1. The molecule has 0 spiro atoms. The number of ether oxygens (including phenoxy) is 2. The van der Waals surface area contributed by atoms with Crippen LogP contribution in [0, 0.1) is 0 Å². The fraction of sp³-hybridized carbons (Fsp3) is 0.700. The quantitative estimate of drug-likeness (QED) is 0.106. The molecule has 2 aromatic rings. The lowest BCUT2D eigenvalue weighted by Gasteiger charge is -2.41. The lowest BCUT2D eigenvalue weighted by molar-refractivity contribution is -0.292. The van der Waals surface area contributed by atoms with Crippen LogP contribution < -0.4 is 11.1 Å². The van der Waals surface area contributed by atoms with Crippen LogP contribution in [0.25, 0.3) is 11.0 Å². The molecule has 0 aromatic carbocycles. The van der Waals surface area contributed by atoms with Crippen molar-refractivity contribution in [2.45, 2.75) is 67.6 Å². The molecule has 2 aliphatic heterocycles. The highest BCUT2D eigenvalue weighted by atomic mass is 32.5. The third kappa shape index (κ3) is 6.56. The molecule has 0 radical (unpaired) electrons. The first kappa shape index (κ1) is 33.6. The zero-order valence-corrected chi connectivity index (χ0v) is 24.7. The number of hydrogen-bond donors (Lipinski definition) is 11. The first-order valence-electron chi connectivity index (χ1n) is 12.3. The van der Waals surface area contributed by atoms with Crippen LogP contribution in [0.2, 0.25) is 0 Å². The number of aliphatic hydroxyl groups excluding tert-OH is 6. The number of fused-ring (bicyclic) bond motifs is 1. The maximum absolute atomic E-state index is 12.6. The van der Waals surface area contributed by atoms with Gasteiger partial charge in [0.2, 0.25) is 0 Å². The summed E-state index contributed by atoms with van der Waals surface area (Å²) < 4.78 is 38.2. The topological polar surface area (TPSA) is 305 Å². The average molecular weight is 662 g/mol. The predicted molar refractivity (Wildman–Crippen MR) is 144 cm³/mol. The minimum Gasteiger partial charge on any atom is -0.394 e. The fourth-order valence-corrected chi connectivity index (χ4v) is 7.87. The summed E-state index contributed by atoms with van der Waals surface area (Å²) >= 11 is 4.82. The summed E-state index contributed by atoms with van der Waals surface area (Å²) in [5, 5.41) is 63.1. The highest BCUT2D eigenvalue weighted by Gasteiger charge is 2.54. The number of hydrogen-bond acceptors (Lipinski definition) is 17. The molecule has 7 unspecified atom stereocenters. The highest BCUT2D eigenvalue weighted by Crippen LogP contribution is 2.62. The van der Waals surface area contributed by atoms with Gasteiger partial charge in [-0.25, -0.2) is 18.8 Å². The van der Waals surface area contributed by atoms with Crippen LogP contribution in [0.3, 0.4) is 0 Å². The van der Waals surface area contributed by atoms with E-state index in [4.69, 9.17) is 36.6 Å². The molecule has 42 heavy (non-hydrogen) atoms. The van der Waals surface area contributed by atoms with Gasteiger partial charge in [0.25, 0.3) is 0 Å². The second kappa shape index (κ2) is 12.6. The van der Waals surface area contributed by atoms with Crippen molar-refractivity contribution >= 4 is 43.2 Å². The van der Waals surface area contributed by atoms with E-state index in [2.05, 4.69) is 29.1 Å². The maximum atomic E-state index is 12.6. The van der Waals surface area contributed by atoms with Gasteiger partial charge in [-0.05, 0) is 25.8 Å². The number of anilines is 1. The summed E-state index contributed by atoms with van der Waals surface area (Å²) in [6.07, 6.45) is -12.1. The van der Waals surface area contributed by atoms with Crippen LogP contribution in [0.5, 0.6) is 0 Å². The minimum atomic E-state index is -5.42. The molecule has 2 aromatic heterocycles. The molecule has 19 nitrogen and oxygen atoms in total. The van der Waals surface area contributed by atoms with Crippen LogP contribution >= 0.6 is 14.5 Å². The average Bonchev–Trinajstić information content (AvgIpc) is 3.46. The van der Waals surface area contributed by atoms with Gasteiger partial charge in [0, 0.05) is 11.8 Å². The van der Waals surface area contributed by atoms with Crippen molar-refractivity contribution in [3.8, 4) is 0 Å². The van der Waals surface area contributed by atoms with Crippen molar-refractivity contribution in [2.75, 3.05) is 26.0 Å². The Morgan fingerprint density at radius 3 is 2.55 bits per heavy atom. The first-order valence-corrected chi connectivity index (χ1v) is 16.4. The van der Waals surface area contributed by atoms with E-state index in [0.29, 0.717) is 16.6 Å². The van der Waals surface area contributed by atoms with Gasteiger partial charge in [-0.3, -0.25) is 4.52 Å². The van der Waals surface area contributed by atoms with Crippen molar-refractivity contribution in [3.05, 3.63) is 18.1 Å². The van der Waals surface area contributed by atoms with E-state index in [1.165, 1.54) is 6.33 Å². The second-order valence-corrected chi connectivity index (χ2v) is 14.3. The summed E-state index contributed by atoms with van der Waals surface area (Å²) in [6, 6.07) is 0. The van der Waals surface area contributed by atoms with Gasteiger partial charge in [0.15, 0.2) is 12.1 Å². The molecule has 238 valence electrons. The lowest BCUT2D eigenvalue weighted by Crippen LogP contribution is -2.61. The van der Waals surface area contributed by atoms with E-state index in [-0.39, 0.29) is 5.82 Å². The SMILES string of the molecule is CN[C@]1(C)[C@H](O)[C@@H](COP(O)(=S)OP(=O)(O)OC2OC([C@@H](O)CO)C(O)C(O)C2O)O[C@H]1c1c[nH]c2c(N)ncnc12. The molecule has 4 rings (SSSR count). The Morgan fingerprint density at radius 2 is 1.90 bits per heavy atom. The molecule has 0 bridgehead atoms. The van der Waals surface area contributed by atoms with E-state index in [1.807, 2.05) is 0 Å². The number of aromatic amines is 1. The Labute approximate surface area is 243 Å². The predicted octanol–water partition coefficient (Wildman–Crippen LogP) is -3.15. The highest BCUT2D eigenvalue weighted by molar-refractivity contribution is 8.08. The summed E-state index contributed by atoms with van der Waals surface area (Å²) in [6.45, 7) is -4.51. The first-order chi connectivity index (χ1) is 19.5. The molecule has 0 saturated carbocycles. The normalized spacial score (nSPS) is 37.4. The van der Waals surface area contributed by atoms with Crippen molar-refractivity contribution in [3.63, 3.8) is 0 Å². The number of nitrogen functional groups attached to an aromatic ring is 1. The van der Waals surface area contributed by atoms with E-state index < -0.39 is 88.4 Å². The van der Waals surface area contributed by atoms with Crippen LogP contribution in [-0.4, -0.2) is 130 Å². The van der Waals surface area contributed by atoms with Crippen molar-refractivity contribution in [1.82, 2.24) is 20.3 Å². The van der Waals surface area contributed by atoms with Crippen molar-refractivity contribution < 1.29 is 67.8 Å². The number of nitrogens with one attached hydrogen (secondary N) is 2. The lowest BCUT2D eigenvalue weighted by atomic mass is 9.86. The molecule has 4 heterocycles. The van der Waals surface area contributed by atoms with E-state index >= 15 is 0 Å². The molecule has 2 aliphatic rings. The minimum absolute atomic E-state index is 0.196. The molecular formula is C20H33N5O14P2S. The number of likely N-dealkylation sites (N-methyl/N-ethyl adjacent to an activating group) is 1. The largest absolute Gasteiger partial charge is 0.481 e. The number of nitrogens with zero attached hydrogens (tertiary/aromatic N) is 2.